The largest absolute Gasteiger partial charge is 0.494 e. The van der Waals surface area contributed by atoms with E-state index < -0.39 is 74.8 Å². The van der Waals surface area contributed by atoms with Crippen LogP contribution in [-0.4, -0.2) is 102 Å². The van der Waals surface area contributed by atoms with Gasteiger partial charge in [0.25, 0.3) is 5.91 Å². The van der Waals surface area contributed by atoms with Crippen LogP contribution in [0.3, 0.4) is 0 Å². The van der Waals surface area contributed by atoms with Crippen LogP contribution in [0.5, 0.6) is 11.6 Å². The fourth-order valence-corrected chi connectivity index (χ4v) is 8.25. The lowest BCUT2D eigenvalue weighted by atomic mass is 10.0. The Hall–Kier alpha value is -4.44. The number of carbonyl (C=O) groups is 4. The molecule has 4 N–H and O–H groups in total. The van der Waals surface area contributed by atoms with Crippen LogP contribution in [0.25, 0.3) is 10.8 Å². The van der Waals surface area contributed by atoms with Gasteiger partial charge in [0, 0.05) is 23.1 Å². The summed E-state index contributed by atoms with van der Waals surface area (Å²) in [7, 11) is -2.39. The molecule has 270 valence electrons. The van der Waals surface area contributed by atoms with Crippen molar-refractivity contribution in [2.24, 2.45) is 5.92 Å². The normalized spacial score (nSPS) is 30.9. The summed E-state index contributed by atoms with van der Waals surface area (Å²) in [5.41, 5.74) is -1.55. The highest BCUT2D eigenvalue weighted by Gasteiger charge is 2.62. The monoisotopic (exact) mass is 713 g/mol. The molecule has 4 amide bonds. The van der Waals surface area contributed by atoms with Crippen LogP contribution < -0.4 is 24.8 Å². The Bertz CT molecular complexity index is 1800. The third-order valence-corrected chi connectivity index (χ3v) is 11.7. The number of hydrogen-bond acceptors (Lipinski definition) is 10. The van der Waals surface area contributed by atoms with E-state index >= 15 is 0 Å². The SMILES string of the molecule is CC[C@@H]1O[C@H](C)CC/C=C\[C@@H]2CC2(C(=O)NS(=O)(=O)C2CC2)NC(=O)[C@@H]2C[C@@H](Oc3ncc(OC)c4ccccc34)CN2C(=O)[C@H]1NC(=O)O. The van der Waals surface area contributed by atoms with Crippen molar-refractivity contribution in [2.45, 2.75) is 100.0 Å². The van der Waals surface area contributed by atoms with Gasteiger partial charge in [0.05, 0.1) is 37.3 Å². The molecule has 0 bridgehead atoms. The first-order valence-electron chi connectivity index (χ1n) is 16.9. The minimum atomic E-state index is -3.91. The average Bonchev–Trinajstić information content (AvgIpc) is 4.01. The molecule has 1 aromatic heterocycles. The molecule has 3 fully saturated rings. The molecule has 4 aliphatic rings. The summed E-state index contributed by atoms with van der Waals surface area (Å²) in [5.74, 6) is -1.93. The Morgan fingerprint density at radius 2 is 1.92 bits per heavy atom. The van der Waals surface area contributed by atoms with Gasteiger partial charge in [-0.25, -0.2) is 18.2 Å². The summed E-state index contributed by atoms with van der Waals surface area (Å²) in [6.45, 7) is 3.50. The number of methoxy groups -OCH3 is 1. The molecule has 6 rings (SSSR count). The van der Waals surface area contributed by atoms with Crippen molar-refractivity contribution in [3.8, 4) is 11.6 Å². The number of nitrogens with one attached hydrogen (secondary N) is 3. The van der Waals surface area contributed by atoms with Crippen LogP contribution in [0.15, 0.2) is 42.6 Å². The van der Waals surface area contributed by atoms with Crippen molar-refractivity contribution >= 4 is 44.6 Å². The molecular formula is C34H43N5O10S. The second kappa shape index (κ2) is 14.1. The van der Waals surface area contributed by atoms with Crippen molar-refractivity contribution in [1.29, 1.82) is 0 Å². The van der Waals surface area contributed by atoms with Gasteiger partial charge in [-0.05, 0) is 51.5 Å². The fraction of sp³-hybridized carbons (Fsp3) is 0.559. The van der Waals surface area contributed by atoms with Gasteiger partial charge in [0.1, 0.15) is 29.5 Å². The molecule has 2 aliphatic heterocycles. The number of carboxylic acid groups (broad SMARTS) is 1. The smallest absolute Gasteiger partial charge is 0.405 e. The zero-order chi connectivity index (χ0) is 35.8. The second-order valence-corrected chi connectivity index (χ2v) is 15.4. The van der Waals surface area contributed by atoms with Gasteiger partial charge in [-0.1, -0.05) is 37.3 Å². The van der Waals surface area contributed by atoms with Crippen LogP contribution in [0, 0.1) is 5.92 Å². The van der Waals surface area contributed by atoms with Crippen molar-refractivity contribution < 1.29 is 46.9 Å². The van der Waals surface area contributed by atoms with Crippen molar-refractivity contribution in [3.63, 3.8) is 0 Å². The van der Waals surface area contributed by atoms with E-state index in [1.165, 1.54) is 18.2 Å². The minimum absolute atomic E-state index is 0.0218. The number of pyridine rings is 1. The van der Waals surface area contributed by atoms with Crippen LogP contribution in [-0.2, 0) is 29.1 Å². The zero-order valence-electron chi connectivity index (χ0n) is 28.2. The quantitative estimate of drug-likeness (QED) is 0.292. The summed E-state index contributed by atoms with van der Waals surface area (Å²) >= 11 is 0. The van der Waals surface area contributed by atoms with Crippen molar-refractivity contribution in [2.75, 3.05) is 13.7 Å². The number of aromatic nitrogens is 1. The van der Waals surface area contributed by atoms with E-state index in [1.54, 1.807) is 13.0 Å². The van der Waals surface area contributed by atoms with Crippen molar-refractivity contribution in [3.05, 3.63) is 42.6 Å². The first-order valence-corrected chi connectivity index (χ1v) is 18.5. The molecular weight excluding hydrogens is 670 g/mol. The number of sulfonamides is 1. The van der Waals surface area contributed by atoms with E-state index in [9.17, 15) is 32.7 Å². The minimum Gasteiger partial charge on any atom is -0.494 e. The van der Waals surface area contributed by atoms with Crippen LogP contribution in [0.1, 0.15) is 58.8 Å². The number of nitrogens with zero attached hydrogens (tertiary/aromatic N) is 2. The Balaban J connectivity index is 1.35. The predicted molar refractivity (Wildman–Crippen MR) is 180 cm³/mol. The lowest BCUT2D eigenvalue weighted by Gasteiger charge is -2.33. The van der Waals surface area contributed by atoms with Crippen molar-refractivity contribution in [1.82, 2.24) is 25.2 Å². The molecule has 3 heterocycles. The van der Waals surface area contributed by atoms with E-state index in [-0.39, 0.29) is 31.4 Å². The molecule has 0 radical (unpaired) electrons. The third-order valence-electron chi connectivity index (χ3n) is 9.87. The maximum absolute atomic E-state index is 14.4. The number of rotatable bonds is 8. The molecule has 2 aromatic rings. The molecule has 2 saturated carbocycles. The van der Waals surface area contributed by atoms with Crippen LogP contribution in [0.2, 0.25) is 0 Å². The maximum Gasteiger partial charge on any atom is 0.405 e. The molecule has 7 atom stereocenters. The van der Waals surface area contributed by atoms with E-state index in [1.807, 2.05) is 37.3 Å². The zero-order valence-corrected chi connectivity index (χ0v) is 29.0. The van der Waals surface area contributed by atoms with Gasteiger partial charge in [-0.2, -0.15) is 0 Å². The summed E-state index contributed by atoms with van der Waals surface area (Å²) in [5, 5.41) is 15.6. The highest BCUT2D eigenvalue weighted by molar-refractivity contribution is 7.91. The Kier molecular flexibility index (Phi) is 9.95. The van der Waals surface area contributed by atoms with Gasteiger partial charge < -0.3 is 34.9 Å². The summed E-state index contributed by atoms with van der Waals surface area (Å²) in [6.07, 6.45) is 4.16. The molecule has 1 saturated heterocycles. The Morgan fingerprint density at radius 1 is 1.18 bits per heavy atom. The van der Waals surface area contributed by atoms with Gasteiger partial charge in [0.15, 0.2) is 0 Å². The first kappa shape index (κ1) is 35.4. The Labute approximate surface area is 290 Å². The standard InChI is InChI=1S/C34H43N5O10S/c1-4-26-28(36-33(43)44)31(41)39-18-21(49-30-24-12-8-7-11-23(24)27(47-3)17-35-30)15-25(39)29(40)37-34(32(42)38-50(45,46)22-13-14-22)16-20(34)10-6-5-9-19(2)48-26/h6-8,10-12,17,19-22,25-26,28,36H,4-5,9,13-16,18H2,1-3H3,(H,37,40)(H,38,42)(H,43,44)/b10-6-/t19-,20-,21-,25+,26+,28+,34?/m1/s1. The van der Waals surface area contributed by atoms with Gasteiger partial charge >= 0.3 is 6.09 Å². The summed E-state index contributed by atoms with van der Waals surface area (Å²) in [4.78, 5) is 59.9. The number of allylic oxidation sites excluding steroid dienone is 1. The van der Waals surface area contributed by atoms with Gasteiger partial charge in [-0.15, -0.1) is 0 Å². The number of fused-ring (bicyclic) bond motifs is 3. The van der Waals surface area contributed by atoms with Gasteiger partial charge in [-0.3, -0.25) is 19.1 Å². The molecule has 2 aliphatic carbocycles. The van der Waals surface area contributed by atoms with Crippen LogP contribution >= 0.6 is 0 Å². The number of carbonyl (C=O) groups excluding carboxylic acids is 3. The summed E-state index contributed by atoms with van der Waals surface area (Å²) in [6, 6.07) is 4.75. The van der Waals surface area contributed by atoms with Crippen LogP contribution in [0.4, 0.5) is 4.79 Å². The maximum atomic E-state index is 14.4. The first-order chi connectivity index (χ1) is 23.9. The lowest BCUT2D eigenvalue weighted by Crippen LogP contribution is -2.60. The Morgan fingerprint density at radius 3 is 2.60 bits per heavy atom. The highest BCUT2D eigenvalue weighted by Crippen LogP contribution is 2.46. The lowest BCUT2D eigenvalue weighted by molar-refractivity contribution is -0.145. The topological polar surface area (TPSA) is 203 Å². The van der Waals surface area contributed by atoms with Gasteiger partial charge in [0.2, 0.25) is 27.7 Å². The molecule has 0 spiro atoms. The molecule has 1 unspecified atom stereocenters. The van der Waals surface area contributed by atoms with E-state index in [0.717, 1.165) is 5.39 Å². The van der Waals surface area contributed by atoms with E-state index in [4.69, 9.17) is 14.2 Å². The molecule has 15 nitrogen and oxygen atoms in total. The van der Waals surface area contributed by atoms with E-state index in [0.29, 0.717) is 43.2 Å². The molecule has 16 heteroatoms. The second-order valence-electron chi connectivity index (χ2n) is 13.4. The average molecular weight is 714 g/mol. The number of benzene rings is 1. The van der Waals surface area contributed by atoms with E-state index in [2.05, 4.69) is 20.3 Å². The predicted octanol–water partition coefficient (Wildman–Crippen LogP) is 2.24. The number of hydrogen-bond donors (Lipinski definition) is 4. The summed E-state index contributed by atoms with van der Waals surface area (Å²) < 4.78 is 45.7. The fourth-order valence-electron chi connectivity index (χ4n) is 6.89. The number of amides is 4. The molecule has 1 aromatic carbocycles. The number of ether oxygens (including phenoxy) is 3. The highest BCUT2D eigenvalue weighted by atomic mass is 32.2. The third kappa shape index (κ3) is 7.22. The molecule has 50 heavy (non-hydrogen) atoms.